The Morgan fingerprint density at radius 1 is 1.57 bits per heavy atom. The average molecular weight is 205 g/mol. The van der Waals surface area contributed by atoms with Gasteiger partial charge in [0.2, 0.25) is 0 Å². The van der Waals surface area contributed by atoms with Crippen LogP contribution in [0.5, 0.6) is 0 Å². The topological polar surface area (TPSA) is 79.2 Å². The van der Waals surface area contributed by atoms with Gasteiger partial charge in [0.05, 0.1) is 38.5 Å². The zero-order valence-corrected chi connectivity index (χ0v) is 8.05. The molecular weight excluding hydrogens is 190 g/mol. The molecule has 1 aliphatic heterocycles. The van der Waals surface area contributed by atoms with Gasteiger partial charge >= 0.3 is 6.09 Å². The zero-order valence-electron chi connectivity index (χ0n) is 8.05. The Morgan fingerprint density at radius 2 is 2.21 bits per heavy atom. The molecule has 1 saturated heterocycles. The molecule has 0 spiro atoms. The summed E-state index contributed by atoms with van der Waals surface area (Å²) in [5.74, 6) is 0. The van der Waals surface area contributed by atoms with Crippen LogP contribution in [0.3, 0.4) is 0 Å². The van der Waals surface area contributed by atoms with Crippen molar-refractivity contribution in [1.29, 1.82) is 0 Å². The molecule has 0 bridgehead atoms. The lowest BCUT2D eigenvalue weighted by molar-refractivity contribution is -0.115. The molecule has 1 aliphatic rings. The lowest BCUT2D eigenvalue weighted by Crippen LogP contribution is -2.52. The molecule has 1 amide bonds. The van der Waals surface area contributed by atoms with E-state index in [2.05, 4.69) is 0 Å². The summed E-state index contributed by atoms with van der Waals surface area (Å²) in [6, 6.07) is 0. The Morgan fingerprint density at radius 3 is 2.71 bits per heavy atom. The fourth-order valence-corrected chi connectivity index (χ4v) is 1.46. The number of ether oxygens (including phenoxy) is 2. The first kappa shape index (κ1) is 11.2. The highest BCUT2D eigenvalue weighted by Crippen LogP contribution is 2.11. The molecular formula is C8H15NO5. The number of amides is 1. The molecule has 0 radical (unpaired) electrons. The molecule has 0 aliphatic carbocycles. The Balaban J connectivity index is 2.52. The minimum Gasteiger partial charge on any atom is -0.465 e. The summed E-state index contributed by atoms with van der Waals surface area (Å²) in [7, 11) is 1.52. The monoisotopic (exact) mass is 205 g/mol. The van der Waals surface area contributed by atoms with Gasteiger partial charge in [0.25, 0.3) is 0 Å². The van der Waals surface area contributed by atoms with Crippen LogP contribution in [0.15, 0.2) is 0 Å². The average Bonchev–Trinajstić information content (AvgIpc) is 2.17. The second-order valence-electron chi connectivity index (χ2n) is 3.21. The highest BCUT2D eigenvalue weighted by molar-refractivity contribution is 5.65. The molecule has 2 N–H and O–H groups in total. The Labute approximate surface area is 82.0 Å². The summed E-state index contributed by atoms with van der Waals surface area (Å²) < 4.78 is 10.3. The first-order chi connectivity index (χ1) is 6.67. The van der Waals surface area contributed by atoms with Gasteiger partial charge in [0.1, 0.15) is 0 Å². The molecule has 1 heterocycles. The molecule has 1 fully saturated rings. The van der Waals surface area contributed by atoms with Crippen LogP contribution in [0.1, 0.15) is 0 Å². The van der Waals surface area contributed by atoms with Gasteiger partial charge < -0.3 is 24.6 Å². The van der Waals surface area contributed by atoms with Crippen molar-refractivity contribution >= 4 is 6.09 Å². The largest absolute Gasteiger partial charge is 0.465 e. The van der Waals surface area contributed by atoms with E-state index in [-0.39, 0.29) is 19.3 Å². The molecule has 1 rings (SSSR count). The van der Waals surface area contributed by atoms with E-state index in [1.54, 1.807) is 0 Å². The highest BCUT2D eigenvalue weighted by atomic mass is 16.5. The van der Waals surface area contributed by atoms with Gasteiger partial charge in [-0.05, 0) is 0 Å². The molecule has 0 aromatic carbocycles. The third kappa shape index (κ3) is 2.83. The molecule has 6 heteroatoms. The first-order valence-corrected chi connectivity index (χ1v) is 4.40. The van der Waals surface area contributed by atoms with Crippen molar-refractivity contribution in [3.8, 4) is 0 Å². The SMILES string of the molecule is COC[C@@H]1CN(C(=O)O)C[C@H](CO)O1. The summed E-state index contributed by atoms with van der Waals surface area (Å²) in [5, 5.41) is 17.7. The predicted molar refractivity (Wildman–Crippen MR) is 47.2 cm³/mol. The maximum atomic E-state index is 10.7. The van der Waals surface area contributed by atoms with Gasteiger partial charge in [-0.15, -0.1) is 0 Å². The van der Waals surface area contributed by atoms with Crippen LogP contribution in [0.4, 0.5) is 4.79 Å². The number of carbonyl (C=O) groups is 1. The lowest BCUT2D eigenvalue weighted by atomic mass is 10.2. The van der Waals surface area contributed by atoms with Crippen LogP contribution in [-0.4, -0.2) is 66.8 Å². The fraction of sp³-hybridized carbons (Fsp3) is 0.875. The van der Waals surface area contributed by atoms with Gasteiger partial charge in [-0.2, -0.15) is 0 Å². The molecule has 0 aromatic heterocycles. The van der Waals surface area contributed by atoms with Crippen molar-refractivity contribution < 1.29 is 24.5 Å². The van der Waals surface area contributed by atoms with Crippen molar-refractivity contribution in [3.05, 3.63) is 0 Å². The van der Waals surface area contributed by atoms with E-state index in [1.165, 1.54) is 12.0 Å². The minimum absolute atomic E-state index is 0.177. The third-order valence-corrected chi connectivity index (χ3v) is 2.06. The summed E-state index contributed by atoms with van der Waals surface area (Å²) in [5.41, 5.74) is 0. The van der Waals surface area contributed by atoms with Crippen LogP contribution in [0.2, 0.25) is 0 Å². The number of aliphatic hydroxyl groups excluding tert-OH is 1. The number of morpholine rings is 1. The minimum atomic E-state index is -0.993. The zero-order chi connectivity index (χ0) is 10.6. The van der Waals surface area contributed by atoms with Crippen molar-refractivity contribution in [3.63, 3.8) is 0 Å². The lowest BCUT2D eigenvalue weighted by Gasteiger charge is -2.35. The maximum absolute atomic E-state index is 10.7. The van der Waals surface area contributed by atoms with E-state index in [0.29, 0.717) is 13.2 Å². The number of nitrogens with zero attached hydrogens (tertiary/aromatic N) is 1. The number of rotatable bonds is 3. The summed E-state index contributed by atoms with van der Waals surface area (Å²) in [6.07, 6.45) is -1.73. The number of hydrogen-bond acceptors (Lipinski definition) is 4. The van der Waals surface area contributed by atoms with Crippen LogP contribution < -0.4 is 0 Å². The Bertz CT molecular complexity index is 198. The molecule has 82 valence electrons. The van der Waals surface area contributed by atoms with E-state index in [1.807, 2.05) is 0 Å². The number of hydrogen-bond donors (Lipinski definition) is 2. The molecule has 0 saturated carbocycles. The van der Waals surface area contributed by atoms with E-state index in [4.69, 9.17) is 19.7 Å². The van der Waals surface area contributed by atoms with E-state index >= 15 is 0 Å². The third-order valence-electron chi connectivity index (χ3n) is 2.06. The molecule has 14 heavy (non-hydrogen) atoms. The second kappa shape index (κ2) is 5.14. The Kier molecular flexibility index (Phi) is 4.12. The Hall–Kier alpha value is -0.850. The van der Waals surface area contributed by atoms with Gasteiger partial charge in [-0.25, -0.2) is 4.79 Å². The summed E-state index contributed by atoms with van der Waals surface area (Å²) in [6.45, 7) is 0.663. The van der Waals surface area contributed by atoms with Crippen molar-refractivity contribution in [1.82, 2.24) is 4.90 Å². The van der Waals surface area contributed by atoms with Crippen molar-refractivity contribution in [2.75, 3.05) is 33.4 Å². The van der Waals surface area contributed by atoms with Crippen LogP contribution in [0, 0.1) is 0 Å². The van der Waals surface area contributed by atoms with Gasteiger partial charge in [-0.3, -0.25) is 0 Å². The van der Waals surface area contributed by atoms with Crippen LogP contribution in [-0.2, 0) is 9.47 Å². The van der Waals surface area contributed by atoms with E-state index in [0.717, 1.165) is 0 Å². The van der Waals surface area contributed by atoms with Gasteiger partial charge in [0, 0.05) is 7.11 Å². The predicted octanol–water partition coefficient (Wildman–Crippen LogP) is -0.627. The molecule has 0 unspecified atom stereocenters. The number of carboxylic acid groups (broad SMARTS) is 1. The summed E-state index contributed by atoms with van der Waals surface area (Å²) >= 11 is 0. The second-order valence-corrected chi connectivity index (χ2v) is 3.21. The smallest absolute Gasteiger partial charge is 0.407 e. The normalized spacial score (nSPS) is 27.7. The standard InChI is InChI=1S/C8H15NO5/c1-13-5-7-3-9(8(11)12)2-6(4-10)14-7/h6-7,10H,2-5H2,1H3,(H,11,12)/t6-,7+/m1/s1. The van der Waals surface area contributed by atoms with Crippen molar-refractivity contribution in [2.45, 2.75) is 12.2 Å². The molecule has 0 aromatic rings. The van der Waals surface area contributed by atoms with E-state index in [9.17, 15) is 4.79 Å². The molecule has 2 atom stereocenters. The van der Waals surface area contributed by atoms with E-state index < -0.39 is 12.2 Å². The summed E-state index contributed by atoms with van der Waals surface area (Å²) in [4.78, 5) is 11.9. The van der Waals surface area contributed by atoms with Gasteiger partial charge in [-0.1, -0.05) is 0 Å². The molecule has 6 nitrogen and oxygen atoms in total. The number of methoxy groups -OCH3 is 1. The van der Waals surface area contributed by atoms with Crippen LogP contribution >= 0.6 is 0 Å². The van der Waals surface area contributed by atoms with Crippen LogP contribution in [0.25, 0.3) is 0 Å². The fourth-order valence-electron chi connectivity index (χ4n) is 1.46. The highest BCUT2D eigenvalue weighted by Gasteiger charge is 2.29. The maximum Gasteiger partial charge on any atom is 0.407 e. The van der Waals surface area contributed by atoms with Gasteiger partial charge in [0.15, 0.2) is 0 Å². The quantitative estimate of drug-likeness (QED) is 0.641. The first-order valence-electron chi connectivity index (χ1n) is 4.40. The van der Waals surface area contributed by atoms with Crippen molar-refractivity contribution in [2.24, 2.45) is 0 Å². The number of aliphatic hydroxyl groups is 1.